The van der Waals surface area contributed by atoms with Crippen molar-refractivity contribution in [1.82, 2.24) is 0 Å². The van der Waals surface area contributed by atoms with Crippen LogP contribution >= 0.6 is 0 Å². The number of carbonyl (C=O) groups is 1. The lowest BCUT2D eigenvalue weighted by atomic mass is 9.72. The standard InChI is InChI=1S/C18H18O2/c1-2-3-13-18(14-9-5-4-6-10-14)15-11-7-8-12-16(15)20-17(18)19/h4-12H,2-3,13H2,1H3. The number of ether oxygens (including phenoxy) is 1. The predicted molar refractivity (Wildman–Crippen MR) is 78.8 cm³/mol. The predicted octanol–water partition coefficient (Wildman–Crippen LogP) is 4.08. The molecule has 0 bridgehead atoms. The molecule has 3 rings (SSSR count). The van der Waals surface area contributed by atoms with Gasteiger partial charge in [0.05, 0.1) is 0 Å². The van der Waals surface area contributed by atoms with Gasteiger partial charge in [-0.3, -0.25) is 4.79 Å². The zero-order valence-corrected chi connectivity index (χ0v) is 11.6. The SMILES string of the molecule is CCCCC1(c2ccccc2)C(=O)Oc2ccccc21. The van der Waals surface area contributed by atoms with Gasteiger partial charge in [-0.05, 0) is 18.1 Å². The molecule has 0 aliphatic carbocycles. The topological polar surface area (TPSA) is 26.3 Å². The zero-order valence-electron chi connectivity index (χ0n) is 11.6. The third-order valence-corrected chi connectivity index (χ3v) is 4.07. The van der Waals surface area contributed by atoms with Gasteiger partial charge in [0, 0.05) is 5.56 Å². The second-order valence-electron chi connectivity index (χ2n) is 5.26. The van der Waals surface area contributed by atoms with Crippen LogP contribution in [0.1, 0.15) is 37.3 Å². The van der Waals surface area contributed by atoms with Crippen LogP contribution in [-0.2, 0) is 10.2 Å². The Bertz CT molecular complexity index is 618. The molecule has 2 aromatic rings. The first-order valence-electron chi connectivity index (χ1n) is 7.16. The minimum absolute atomic E-state index is 0.140. The number of benzene rings is 2. The van der Waals surface area contributed by atoms with Crippen LogP contribution in [0.3, 0.4) is 0 Å². The number of hydrogen-bond acceptors (Lipinski definition) is 2. The van der Waals surface area contributed by atoms with E-state index in [0.29, 0.717) is 5.75 Å². The van der Waals surface area contributed by atoms with Gasteiger partial charge in [-0.2, -0.15) is 0 Å². The van der Waals surface area contributed by atoms with Gasteiger partial charge in [0.15, 0.2) is 0 Å². The van der Waals surface area contributed by atoms with Crippen LogP contribution in [0.5, 0.6) is 5.75 Å². The van der Waals surface area contributed by atoms with Gasteiger partial charge in [-0.25, -0.2) is 0 Å². The Morgan fingerprint density at radius 1 is 1.00 bits per heavy atom. The van der Waals surface area contributed by atoms with Crippen molar-refractivity contribution in [2.75, 3.05) is 0 Å². The molecule has 102 valence electrons. The van der Waals surface area contributed by atoms with E-state index in [1.54, 1.807) is 0 Å². The molecular weight excluding hydrogens is 248 g/mol. The van der Waals surface area contributed by atoms with Gasteiger partial charge in [0.25, 0.3) is 0 Å². The first-order chi connectivity index (χ1) is 9.79. The fraction of sp³-hybridized carbons (Fsp3) is 0.278. The van der Waals surface area contributed by atoms with Crippen molar-refractivity contribution in [2.45, 2.75) is 31.6 Å². The summed E-state index contributed by atoms with van der Waals surface area (Å²) in [5.41, 5.74) is 1.40. The highest BCUT2D eigenvalue weighted by Crippen LogP contribution is 2.47. The highest BCUT2D eigenvalue weighted by molar-refractivity contribution is 5.94. The van der Waals surface area contributed by atoms with Gasteiger partial charge in [0.2, 0.25) is 0 Å². The summed E-state index contributed by atoms with van der Waals surface area (Å²) in [7, 11) is 0. The second-order valence-corrected chi connectivity index (χ2v) is 5.26. The summed E-state index contributed by atoms with van der Waals surface area (Å²) >= 11 is 0. The Hall–Kier alpha value is -2.09. The number of rotatable bonds is 4. The third kappa shape index (κ3) is 1.83. The summed E-state index contributed by atoms with van der Waals surface area (Å²) in [5.74, 6) is 0.566. The average Bonchev–Trinajstić information content (AvgIpc) is 2.79. The molecule has 2 aromatic carbocycles. The van der Waals surface area contributed by atoms with Crippen molar-refractivity contribution in [3.63, 3.8) is 0 Å². The molecule has 1 unspecified atom stereocenters. The lowest BCUT2D eigenvalue weighted by Crippen LogP contribution is -2.35. The van der Waals surface area contributed by atoms with E-state index in [1.807, 2.05) is 54.6 Å². The van der Waals surface area contributed by atoms with Gasteiger partial charge < -0.3 is 4.74 Å². The maximum Gasteiger partial charge on any atom is 0.326 e. The number of hydrogen-bond donors (Lipinski definition) is 0. The molecule has 0 saturated carbocycles. The Morgan fingerprint density at radius 2 is 1.70 bits per heavy atom. The third-order valence-electron chi connectivity index (χ3n) is 4.07. The maximum absolute atomic E-state index is 12.6. The number of unbranched alkanes of at least 4 members (excludes halogenated alkanes) is 1. The Labute approximate surface area is 119 Å². The lowest BCUT2D eigenvalue weighted by molar-refractivity contribution is -0.137. The summed E-state index contributed by atoms with van der Waals surface area (Å²) < 4.78 is 5.54. The van der Waals surface area contributed by atoms with E-state index >= 15 is 0 Å². The van der Waals surface area contributed by atoms with E-state index in [2.05, 4.69) is 6.92 Å². The molecule has 1 atom stereocenters. The summed E-state index contributed by atoms with van der Waals surface area (Å²) in [6.07, 6.45) is 2.85. The molecule has 0 amide bonds. The number of para-hydroxylation sites is 1. The molecule has 0 fully saturated rings. The number of esters is 1. The lowest BCUT2D eigenvalue weighted by Gasteiger charge is -2.26. The molecule has 2 heteroatoms. The Balaban J connectivity index is 2.18. The monoisotopic (exact) mass is 266 g/mol. The Morgan fingerprint density at radius 3 is 2.45 bits per heavy atom. The van der Waals surface area contributed by atoms with Crippen molar-refractivity contribution in [2.24, 2.45) is 0 Å². The minimum Gasteiger partial charge on any atom is -0.425 e. The first kappa shape index (κ1) is 12.9. The fourth-order valence-corrected chi connectivity index (χ4v) is 3.02. The van der Waals surface area contributed by atoms with Crippen LogP contribution in [0.15, 0.2) is 54.6 Å². The van der Waals surface area contributed by atoms with Crippen LogP contribution < -0.4 is 4.74 Å². The fourth-order valence-electron chi connectivity index (χ4n) is 3.02. The normalized spacial score (nSPS) is 20.6. The van der Waals surface area contributed by atoms with Crippen molar-refractivity contribution < 1.29 is 9.53 Å². The van der Waals surface area contributed by atoms with Crippen LogP contribution in [0.2, 0.25) is 0 Å². The molecule has 1 aliphatic rings. The minimum atomic E-state index is -0.631. The van der Waals surface area contributed by atoms with E-state index in [4.69, 9.17) is 4.74 Å². The maximum atomic E-state index is 12.6. The van der Waals surface area contributed by atoms with E-state index in [0.717, 1.165) is 30.4 Å². The molecule has 1 heterocycles. The van der Waals surface area contributed by atoms with Gasteiger partial charge >= 0.3 is 5.97 Å². The smallest absolute Gasteiger partial charge is 0.326 e. The summed E-state index contributed by atoms with van der Waals surface area (Å²) in [4.78, 5) is 12.6. The highest BCUT2D eigenvalue weighted by Gasteiger charge is 2.49. The molecule has 0 aromatic heterocycles. The number of carbonyl (C=O) groups excluding carboxylic acids is 1. The highest BCUT2D eigenvalue weighted by atomic mass is 16.5. The zero-order chi connectivity index (χ0) is 14.0. The summed E-state index contributed by atoms with van der Waals surface area (Å²) in [6.45, 7) is 2.14. The summed E-state index contributed by atoms with van der Waals surface area (Å²) in [6, 6.07) is 17.8. The van der Waals surface area contributed by atoms with Crippen molar-refractivity contribution >= 4 is 5.97 Å². The van der Waals surface area contributed by atoms with Crippen LogP contribution in [0, 0.1) is 0 Å². The van der Waals surface area contributed by atoms with Crippen LogP contribution in [0.4, 0.5) is 0 Å². The van der Waals surface area contributed by atoms with Gasteiger partial charge in [0.1, 0.15) is 11.2 Å². The molecule has 20 heavy (non-hydrogen) atoms. The molecule has 2 nitrogen and oxygen atoms in total. The Kier molecular flexibility index (Phi) is 3.31. The molecular formula is C18H18O2. The van der Waals surface area contributed by atoms with E-state index in [-0.39, 0.29) is 5.97 Å². The van der Waals surface area contributed by atoms with Gasteiger partial charge in [-0.1, -0.05) is 68.3 Å². The molecule has 0 radical (unpaired) electrons. The van der Waals surface area contributed by atoms with E-state index in [9.17, 15) is 4.79 Å². The second kappa shape index (κ2) is 5.12. The summed E-state index contributed by atoms with van der Waals surface area (Å²) in [5, 5.41) is 0. The average molecular weight is 266 g/mol. The van der Waals surface area contributed by atoms with Gasteiger partial charge in [-0.15, -0.1) is 0 Å². The molecule has 0 N–H and O–H groups in total. The van der Waals surface area contributed by atoms with Crippen molar-refractivity contribution in [1.29, 1.82) is 0 Å². The van der Waals surface area contributed by atoms with E-state index < -0.39 is 5.41 Å². The van der Waals surface area contributed by atoms with Crippen molar-refractivity contribution in [3.8, 4) is 5.75 Å². The number of fused-ring (bicyclic) bond motifs is 1. The molecule has 0 spiro atoms. The van der Waals surface area contributed by atoms with Crippen LogP contribution in [0.25, 0.3) is 0 Å². The van der Waals surface area contributed by atoms with Crippen LogP contribution in [-0.4, -0.2) is 5.97 Å². The quantitative estimate of drug-likeness (QED) is 0.615. The largest absolute Gasteiger partial charge is 0.425 e. The van der Waals surface area contributed by atoms with Crippen molar-refractivity contribution in [3.05, 3.63) is 65.7 Å². The first-order valence-corrected chi connectivity index (χ1v) is 7.16. The molecule has 1 aliphatic heterocycles. The molecule has 0 saturated heterocycles. The van der Waals surface area contributed by atoms with E-state index in [1.165, 1.54) is 0 Å².